The second-order valence-electron chi connectivity index (χ2n) is 5.91. The topological polar surface area (TPSA) is 58.4 Å². The number of hydrogen-bond donors (Lipinski definition) is 2. The van der Waals surface area contributed by atoms with Crippen LogP contribution < -0.4 is 11.1 Å². The average molecular weight is 255 g/mol. The van der Waals surface area contributed by atoms with Crippen molar-refractivity contribution < 1.29 is 4.79 Å². The van der Waals surface area contributed by atoms with Crippen molar-refractivity contribution >= 4 is 5.91 Å². The summed E-state index contributed by atoms with van der Waals surface area (Å²) in [6.07, 6.45) is 4.65. The number of nitrogens with one attached hydrogen (secondary N) is 1. The summed E-state index contributed by atoms with van der Waals surface area (Å²) < 4.78 is 0. The van der Waals surface area contributed by atoms with Gasteiger partial charge in [0.2, 0.25) is 5.91 Å². The Kier molecular flexibility index (Phi) is 6.65. The van der Waals surface area contributed by atoms with E-state index >= 15 is 0 Å². The smallest absolute Gasteiger partial charge is 0.236 e. The summed E-state index contributed by atoms with van der Waals surface area (Å²) in [6, 6.07) is 0.295. The van der Waals surface area contributed by atoms with Crippen LogP contribution in [0.2, 0.25) is 0 Å². The molecule has 0 aromatic rings. The van der Waals surface area contributed by atoms with E-state index in [1.165, 1.54) is 19.3 Å². The van der Waals surface area contributed by atoms with Crippen molar-refractivity contribution in [2.75, 3.05) is 19.6 Å². The van der Waals surface area contributed by atoms with E-state index in [0.29, 0.717) is 12.0 Å². The molecule has 2 atom stereocenters. The second-order valence-corrected chi connectivity index (χ2v) is 5.91. The minimum Gasteiger partial charge on any atom is -0.353 e. The van der Waals surface area contributed by atoms with Gasteiger partial charge in [-0.15, -0.1) is 0 Å². The lowest BCUT2D eigenvalue weighted by molar-refractivity contribution is -0.122. The van der Waals surface area contributed by atoms with E-state index in [4.69, 9.17) is 5.73 Å². The Morgan fingerprint density at radius 1 is 1.44 bits per heavy atom. The Bertz CT molecular complexity index is 255. The minimum atomic E-state index is -0.358. The molecule has 3 N–H and O–H groups in total. The standard InChI is InChI=1S/C14H29N3O/c1-11(2)10-13(15)14(18)16-7-9-17-8-5-4-6-12(17)3/h11-13H,4-10,15H2,1-3H3,(H,16,18)/t12?,13-/m0/s1. The van der Waals surface area contributed by atoms with Gasteiger partial charge in [0.15, 0.2) is 0 Å². The molecule has 1 fully saturated rings. The van der Waals surface area contributed by atoms with Crippen LogP contribution in [-0.4, -0.2) is 42.5 Å². The van der Waals surface area contributed by atoms with Crippen LogP contribution in [0.15, 0.2) is 0 Å². The summed E-state index contributed by atoms with van der Waals surface area (Å²) in [4.78, 5) is 14.2. The molecule has 0 radical (unpaired) electrons. The third kappa shape index (κ3) is 5.36. The summed E-state index contributed by atoms with van der Waals surface area (Å²) in [7, 11) is 0. The first-order valence-corrected chi connectivity index (χ1v) is 7.28. The van der Waals surface area contributed by atoms with Gasteiger partial charge in [-0.05, 0) is 38.6 Å². The summed E-state index contributed by atoms with van der Waals surface area (Å²) in [6.45, 7) is 9.27. The van der Waals surface area contributed by atoms with Crippen LogP contribution in [0.3, 0.4) is 0 Å². The third-order valence-electron chi connectivity index (χ3n) is 3.70. The van der Waals surface area contributed by atoms with Gasteiger partial charge >= 0.3 is 0 Å². The van der Waals surface area contributed by atoms with Crippen LogP contribution in [0.4, 0.5) is 0 Å². The largest absolute Gasteiger partial charge is 0.353 e. The van der Waals surface area contributed by atoms with Gasteiger partial charge < -0.3 is 11.1 Å². The summed E-state index contributed by atoms with van der Waals surface area (Å²) in [5.74, 6) is 0.459. The number of nitrogens with two attached hydrogens (primary N) is 1. The molecule has 1 rings (SSSR count). The summed E-state index contributed by atoms with van der Waals surface area (Å²) in [5, 5.41) is 2.95. The molecule has 4 nitrogen and oxygen atoms in total. The highest BCUT2D eigenvalue weighted by Crippen LogP contribution is 2.15. The first-order chi connectivity index (χ1) is 8.50. The highest BCUT2D eigenvalue weighted by Gasteiger charge is 2.18. The monoisotopic (exact) mass is 255 g/mol. The van der Waals surface area contributed by atoms with Gasteiger partial charge in [0.1, 0.15) is 0 Å². The van der Waals surface area contributed by atoms with E-state index in [-0.39, 0.29) is 11.9 Å². The van der Waals surface area contributed by atoms with Crippen molar-refractivity contribution in [1.29, 1.82) is 0 Å². The van der Waals surface area contributed by atoms with E-state index in [1.54, 1.807) is 0 Å². The molecule has 1 amide bonds. The summed E-state index contributed by atoms with van der Waals surface area (Å²) in [5.41, 5.74) is 5.84. The SMILES string of the molecule is CC(C)C[C@H](N)C(=O)NCCN1CCCCC1C. The van der Waals surface area contributed by atoms with Crippen molar-refractivity contribution in [1.82, 2.24) is 10.2 Å². The van der Waals surface area contributed by atoms with Crippen molar-refractivity contribution in [3.63, 3.8) is 0 Å². The zero-order chi connectivity index (χ0) is 13.5. The van der Waals surface area contributed by atoms with Gasteiger partial charge in [-0.1, -0.05) is 20.3 Å². The van der Waals surface area contributed by atoms with Crippen LogP contribution in [0, 0.1) is 5.92 Å². The van der Waals surface area contributed by atoms with Crippen LogP contribution in [0.1, 0.15) is 46.5 Å². The van der Waals surface area contributed by atoms with E-state index in [1.807, 2.05) is 0 Å². The van der Waals surface area contributed by atoms with E-state index in [2.05, 4.69) is 31.0 Å². The van der Waals surface area contributed by atoms with Crippen molar-refractivity contribution in [3.05, 3.63) is 0 Å². The van der Waals surface area contributed by atoms with Crippen LogP contribution in [-0.2, 0) is 4.79 Å². The fraction of sp³-hybridized carbons (Fsp3) is 0.929. The van der Waals surface area contributed by atoms with Crippen molar-refractivity contribution in [2.45, 2.75) is 58.5 Å². The average Bonchev–Trinajstić information content (AvgIpc) is 2.30. The lowest BCUT2D eigenvalue weighted by Gasteiger charge is -2.33. The molecule has 1 aliphatic rings. The number of likely N-dealkylation sites (tertiary alicyclic amines) is 1. The molecular weight excluding hydrogens is 226 g/mol. The maximum Gasteiger partial charge on any atom is 0.236 e. The van der Waals surface area contributed by atoms with Gasteiger partial charge in [0, 0.05) is 19.1 Å². The van der Waals surface area contributed by atoms with E-state index in [0.717, 1.165) is 26.1 Å². The van der Waals surface area contributed by atoms with Gasteiger partial charge in [-0.2, -0.15) is 0 Å². The normalized spacial score (nSPS) is 23.1. The van der Waals surface area contributed by atoms with Gasteiger partial charge in [0.25, 0.3) is 0 Å². The molecule has 1 heterocycles. The van der Waals surface area contributed by atoms with Crippen molar-refractivity contribution in [2.24, 2.45) is 11.7 Å². The molecule has 18 heavy (non-hydrogen) atoms. The Hall–Kier alpha value is -0.610. The first-order valence-electron chi connectivity index (χ1n) is 7.28. The highest BCUT2D eigenvalue weighted by molar-refractivity contribution is 5.81. The molecule has 0 saturated carbocycles. The number of hydrogen-bond acceptors (Lipinski definition) is 3. The third-order valence-corrected chi connectivity index (χ3v) is 3.70. The number of rotatable bonds is 6. The van der Waals surface area contributed by atoms with Gasteiger partial charge in [-0.3, -0.25) is 9.69 Å². The minimum absolute atomic E-state index is 0.00615. The Labute approximate surface area is 111 Å². The molecule has 106 valence electrons. The number of carbonyl (C=O) groups is 1. The maximum absolute atomic E-state index is 11.7. The molecule has 0 spiro atoms. The second kappa shape index (κ2) is 7.74. The van der Waals surface area contributed by atoms with Crippen LogP contribution >= 0.6 is 0 Å². The lowest BCUT2D eigenvalue weighted by Crippen LogP contribution is -2.46. The van der Waals surface area contributed by atoms with Gasteiger partial charge in [0.05, 0.1) is 6.04 Å². The molecule has 0 aromatic carbocycles. The van der Waals surface area contributed by atoms with Crippen molar-refractivity contribution in [3.8, 4) is 0 Å². The molecule has 1 unspecified atom stereocenters. The van der Waals surface area contributed by atoms with Crippen LogP contribution in [0.25, 0.3) is 0 Å². The zero-order valence-corrected chi connectivity index (χ0v) is 12.1. The molecule has 0 aliphatic carbocycles. The van der Waals surface area contributed by atoms with Gasteiger partial charge in [-0.25, -0.2) is 0 Å². The fourth-order valence-corrected chi connectivity index (χ4v) is 2.56. The maximum atomic E-state index is 11.7. The van der Waals surface area contributed by atoms with E-state index in [9.17, 15) is 4.79 Å². The lowest BCUT2D eigenvalue weighted by atomic mass is 10.0. The zero-order valence-electron chi connectivity index (χ0n) is 12.1. The molecule has 1 saturated heterocycles. The Balaban J connectivity index is 2.18. The van der Waals surface area contributed by atoms with E-state index < -0.39 is 0 Å². The highest BCUT2D eigenvalue weighted by atomic mass is 16.2. The Morgan fingerprint density at radius 2 is 2.17 bits per heavy atom. The van der Waals surface area contributed by atoms with Crippen LogP contribution in [0.5, 0.6) is 0 Å². The number of amides is 1. The fourth-order valence-electron chi connectivity index (χ4n) is 2.56. The molecule has 1 aliphatic heterocycles. The molecular formula is C14H29N3O. The predicted octanol–water partition coefficient (Wildman–Crippen LogP) is 1.35. The quantitative estimate of drug-likeness (QED) is 0.753. The molecule has 0 aromatic heterocycles. The molecule has 4 heteroatoms. The molecule has 0 bridgehead atoms. The summed E-state index contributed by atoms with van der Waals surface area (Å²) >= 11 is 0. The Morgan fingerprint density at radius 3 is 2.78 bits per heavy atom. The predicted molar refractivity (Wildman–Crippen MR) is 75.3 cm³/mol. The number of piperidine rings is 1. The number of carbonyl (C=O) groups excluding carboxylic acids is 1. The number of nitrogens with zero attached hydrogens (tertiary/aromatic N) is 1. The first kappa shape index (κ1) is 15.4.